The monoisotopic (exact) mass is 425 g/mol. The number of amides is 1. The molecular weight excluding hydrogens is 390 g/mol. The molecule has 1 atom stereocenters. The normalized spacial score (nSPS) is 22.9. The summed E-state index contributed by atoms with van der Waals surface area (Å²) in [7, 11) is 0. The predicted molar refractivity (Wildman–Crippen MR) is 124 cm³/mol. The lowest BCUT2D eigenvalue weighted by Gasteiger charge is -2.38. The second kappa shape index (κ2) is 9.45. The van der Waals surface area contributed by atoms with E-state index in [-0.39, 0.29) is 12.1 Å². The Hall–Kier alpha value is -2.31. The summed E-state index contributed by atoms with van der Waals surface area (Å²) >= 11 is 0. The SMILES string of the molecule is CC(C)(C)OC(=O)N1C=C(c2ccc(N3CCOCC3)cc2)C=CC1C1CCNCC1. The van der Waals surface area contributed by atoms with E-state index in [1.165, 1.54) is 5.69 Å². The van der Waals surface area contributed by atoms with Crippen molar-refractivity contribution in [1.29, 1.82) is 0 Å². The summed E-state index contributed by atoms with van der Waals surface area (Å²) < 4.78 is 11.2. The fourth-order valence-corrected chi connectivity index (χ4v) is 4.49. The van der Waals surface area contributed by atoms with E-state index in [1.807, 2.05) is 31.9 Å². The minimum absolute atomic E-state index is 0.0355. The molecule has 1 amide bonds. The van der Waals surface area contributed by atoms with Gasteiger partial charge in [0.1, 0.15) is 5.60 Å². The number of rotatable bonds is 3. The van der Waals surface area contributed by atoms with E-state index in [0.29, 0.717) is 5.92 Å². The molecule has 1 aromatic rings. The summed E-state index contributed by atoms with van der Waals surface area (Å²) in [5, 5.41) is 3.42. The molecule has 0 bridgehead atoms. The zero-order chi connectivity index (χ0) is 21.8. The van der Waals surface area contributed by atoms with Crippen LogP contribution in [0.2, 0.25) is 0 Å². The molecule has 3 aliphatic rings. The van der Waals surface area contributed by atoms with Crippen molar-refractivity contribution in [3.05, 3.63) is 48.2 Å². The Morgan fingerprint density at radius 1 is 1.10 bits per heavy atom. The highest BCUT2D eigenvalue weighted by molar-refractivity contribution is 5.81. The Balaban J connectivity index is 1.55. The molecule has 1 N–H and O–H groups in total. The molecule has 31 heavy (non-hydrogen) atoms. The largest absolute Gasteiger partial charge is 0.443 e. The van der Waals surface area contributed by atoms with Crippen LogP contribution in [0.3, 0.4) is 0 Å². The van der Waals surface area contributed by atoms with Crippen LogP contribution in [0.4, 0.5) is 10.5 Å². The zero-order valence-corrected chi connectivity index (χ0v) is 19.0. The van der Waals surface area contributed by atoms with E-state index >= 15 is 0 Å². The van der Waals surface area contributed by atoms with Gasteiger partial charge in [0.25, 0.3) is 0 Å². The van der Waals surface area contributed by atoms with Gasteiger partial charge in [0.15, 0.2) is 0 Å². The maximum Gasteiger partial charge on any atom is 0.414 e. The highest BCUT2D eigenvalue weighted by atomic mass is 16.6. The van der Waals surface area contributed by atoms with E-state index in [0.717, 1.165) is 63.4 Å². The Bertz CT molecular complexity index is 813. The highest BCUT2D eigenvalue weighted by Gasteiger charge is 2.33. The van der Waals surface area contributed by atoms with Gasteiger partial charge in [-0.2, -0.15) is 0 Å². The molecule has 0 aliphatic carbocycles. The van der Waals surface area contributed by atoms with Gasteiger partial charge in [-0.25, -0.2) is 4.79 Å². The van der Waals surface area contributed by atoms with Crippen LogP contribution >= 0.6 is 0 Å². The third-order valence-electron chi connectivity index (χ3n) is 6.12. The molecule has 0 spiro atoms. The van der Waals surface area contributed by atoms with Gasteiger partial charge in [0.2, 0.25) is 0 Å². The van der Waals surface area contributed by atoms with Crippen LogP contribution in [-0.4, -0.2) is 62.0 Å². The van der Waals surface area contributed by atoms with Crippen LogP contribution in [0.15, 0.2) is 42.6 Å². The number of ether oxygens (including phenoxy) is 2. The van der Waals surface area contributed by atoms with E-state index in [4.69, 9.17) is 9.47 Å². The number of anilines is 1. The number of carbonyl (C=O) groups excluding carboxylic acids is 1. The third-order valence-corrected chi connectivity index (χ3v) is 6.12. The number of nitrogens with zero attached hydrogens (tertiary/aromatic N) is 2. The van der Waals surface area contributed by atoms with Crippen LogP contribution in [0.25, 0.3) is 5.57 Å². The van der Waals surface area contributed by atoms with Gasteiger partial charge in [-0.15, -0.1) is 0 Å². The number of carbonyl (C=O) groups is 1. The second-order valence-electron chi connectivity index (χ2n) is 9.56. The van der Waals surface area contributed by atoms with Gasteiger partial charge in [0.05, 0.1) is 19.3 Å². The Morgan fingerprint density at radius 2 is 1.77 bits per heavy atom. The lowest BCUT2D eigenvalue weighted by molar-refractivity contribution is 0.0244. The van der Waals surface area contributed by atoms with Crippen LogP contribution in [0.1, 0.15) is 39.2 Å². The fraction of sp³-hybridized carbons (Fsp3) is 0.560. The van der Waals surface area contributed by atoms with Gasteiger partial charge in [-0.3, -0.25) is 4.90 Å². The number of morpholine rings is 1. The predicted octanol–water partition coefficient (Wildman–Crippen LogP) is 4.04. The number of benzene rings is 1. The molecule has 0 saturated carbocycles. The van der Waals surface area contributed by atoms with Crippen molar-refractivity contribution < 1.29 is 14.3 Å². The molecule has 0 radical (unpaired) electrons. The number of hydrogen-bond donors (Lipinski definition) is 1. The molecule has 3 aliphatic heterocycles. The molecular formula is C25H35N3O3. The van der Waals surface area contributed by atoms with E-state index < -0.39 is 5.60 Å². The van der Waals surface area contributed by atoms with Crippen LogP contribution in [-0.2, 0) is 9.47 Å². The van der Waals surface area contributed by atoms with E-state index in [1.54, 1.807) is 0 Å². The number of allylic oxidation sites excluding steroid dienone is 2. The highest BCUT2D eigenvalue weighted by Crippen LogP contribution is 2.31. The average Bonchev–Trinajstić information content (AvgIpc) is 2.79. The van der Waals surface area contributed by atoms with Crippen LogP contribution in [0, 0.1) is 5.92 Å². The van der Waals surface area contributed by atoms with E-state index in [9.17, 15) is 4.79 Å². The summed E-state index contributed by atoms with van der Waals surface area (Å²) in [5.41, 5.74) is 2.82. The molecule has 6 heteroatoms. The summed E-state index contributed by atoms with van der Waals surface area (Å²) in [5.74, 6) is 0.437. The minimum atomic E-state index is -0.523. The van der Waals surface area contributed by atoms with Crippen molar-refractivity contribution in [2.24, 2.45) is 5.92 Å². The van der Waals surface area contributed by atoms with Crippen molar-refractivity contribution >= 4 is 17.4 Å². The fourth-order valence-electron chi connectivity index (χ4n) is 4.49. The first-order valence-corrected chi connectivity index (χ1v) is 11.5. The third kappa shape index (κ3) is 5.49. The topological polar surface area (TPSA) is 54.0 Å². The molecule has 4 rings (SSSR count). The maximum absolute atomic E-state index is 13.1. The zero-order valence-electron chi connectivity index (χ0n) is 19.0. The second-order valence-corrected chi connectivity index (χ2v) is 9.56. The van der Waals surface area contributed by atoms with E-state index in [2.05, 4.69) is 46.6 Å². The van der Waals surface area contributed by atoms with Gasteiger partial charge < -0.3 is 19.7 Å². The summed E-state index contributed by atoms with van der Waals surface area (Å²) in [6.45, 7) is 11.1. The molecule has 168 valence electrons. The molecule has 1 unspecified atom stereocenters. The van der Waals surface area contributed by atoms with Gasteiger partial charge >= 0.3 is 6.09 Å². The Morgan fingerprint density at radius 3 is 2.42 bits per heavy atom. The lowest BCUT2D eigenvalue weighted by Crippen LogP contribution is -2.46. The quantitative estimate of drug-likeness (QED) is 0.792. The first-order chi connectivity index (χ1) is 14.9. The molecule has 3 heterocycles. The summed E-state index contributed by atoms with van der Waals surface area (Å²) in [6.07, 6.45) is 8.17. The minimum Gasteiger partial charge on any atom is -0.443 e. The molecule has 6 nitrogen and oxygen atoms in total. The Labute approximate surface area is 185 Å². The van der Waals surface area contributed by atoms with Gasteiger partial charge in [-0.1, -0.05) is 24.3 Å². The van der Waals surface area contributed by atoms with Crippen molar-refractivity contribution in [2.45, 2.75) is 45.3 Å². The molecule has 1 aromatic carbocycles. The smallest absolute Gasteiger partial charge is 0.414 e. The molecule has 0 aromatic heterocycles. The molecule has 2 saturated heterocycles. The van der Waals surface area contributed by atoms with Crippen LogP contribution in [0.5, 0.6) is 0 Å². The maximum atomic E-state index is 13.1. The standard InChI is InChI=1S/C25H35N3O3/c1-25(2,3)31-24(29)28-18-21(6-9-23(28)20-10-12-26-13-11-20)19-4-7-22(8-5-19)27-14-16-30-17-15-27/h4-9,18,20,23,26H,10-17H2,1-3H3. The molecule has 2 fully saturated rings. The summed E-state index contributed by atoms with van der Waals surface area (Å²) in [4.78, 5) is 17.3. The first-order valence-electron chi connectivity index (χ1n) is 11.5. The number of nitrogens with one attached hydrogen (secondary N) is 1. The average molecular weight is 426 g/mol. The van der Waals surface area contributed by atoms with Crippen molar-refractivity contribution in [3.8, 4) is 0 Å². The van der Waals surface area contributed by atoms with Gasteiger partial charge in [-0.05, 0) is 75.9 Å². The van der Waals surface area contributed by atoms with Crippen molar-refractivity contribution in [2.75, 3.05) is 44.3 Å². The van der Waals surface area contributed by atoms with Gasteiger partial charge in [0, 0.05) is 25.0 Å². The Kier molecular flexibility index (Phi) is 6.68. The number of hydrogen-bond acceptors (Lipinski definition) is 5. The lowest BCUT2D eigenvalue weighted by atomic mass is 9.87. The van der Waals surface area contributed by atoms with Crippen LogP contribution < -0.4 is 10.2 Å². The van der Waals surface area contributed by atoms with Crippen molar-refractivity contribution in [3.63, 3.8) is 0 Å². The van der Waals surface area contributed by atoms with Crippen molar-refractivity contribution in [1.82, 2.24) is 10.2 Å². The summed E-state index contributed by atoms with van der Waals surface area (Å²) in [6, 6.07) is 8.63. The number of piperidine rings is 1. The first kappa shape index (κ1) is 21.9.